The van der Waals surface area contributed by atoms with Crippen LogP contribution < -0.4 is 5.73 Å². The number of carbonyl (C=O) groups excluding carboxylic acids is 1. The molecule has 118 valence electrons. The van der Waals surface area contributed by atoms with Crippen LogP contribution in [0.15, 0.2) is 41.5 Å². The maximum absolute atomic E-state index is 11.7. The molecule has 0 bridgehead atoms. The normalized spacial score (nSPS) is 11.0. The number of primary amides is 1. The van der Waals surface area contributed by atoms with E-state index in [1.54, 1.807) is 18.5 Å². The van der Waals surface area contributed by atoms with Crippen molar-refractivity contribution in [2.75, 3.05) is 0 Å². The number of fused-ring (bicyclic) bond motifs is 1. The van der Waals surface area contributed by atoms with Crippen LogP contribution in [0.4, 0.5) is 0 Å². The molecular weight excluding hydrogens is 326 g/mol. The van der Waals surface area contributed by atoms with Crippen molar-refractivity contribution in [2.24, 2.45) is 5.73 Å². The molecule has 0 spiro atoms. The van der Waals surface area contributed by atoms with E-state index in [2.05, 4.69) is 19.9 Å². The summed E-state index contributed by atoms with van der Waals surface area (Å²) in [6, 6.07) is 3.63. The van der Waals surface area contributed by atoms with Gasteiger partial charge >= 0.3 is 0 Å². The van der Waals surface area contributed by atoms with Gasteiger partial charge in [0, 0.05) is 23.3 Å². The van der Waals surface area contributed by atoms with E-state index in [0.717, 1.165) is 26.5 Å². The molecule has 8 heteroatoms. The Morgan fingerprint density at radius 1 is 1.25 bits per heavy atom. The molecule has 4 rings (SSSR count). The van der Waals surface area contributed by atoms with Crippen LogP contribution in [0.2, 0.25) is 0 Å². The van der Waals surface area contributed by atoms with E-state index in [0.29, 0.717) is 11.3 Å². The first-order chi connectivity index (χ1) is 11.6. The number of nitrogens with two attached hydrogens (primary N) is 1. The molecule has 0 saturated carbocycles. The second-order valence-corrected chi connectivity index (χ2v) is 6.12. The number of nitrogens with zero attached hydrogens (tertiary/aromatic N) is 4. The lowest BCUT2D eigenvalue weighted by molar-refractivity contribution is 0.0996. The quantitative estimate of drug-likeness (QED) is 0.616. The van der Waals surface area contributed by atoms with Crippen molar-refractivity contribution in [2.45, 2.75) is 6.92 Å². The number of aryl methyl sites for hydroxylation is 1. The molecule has 24 heavy (non-hydrogen) atoms. The van der Waals surface area contributed by atoms with Crippen LogP contribution in [0.25, 0.3) is 32.1 Å². The van der Waals surface area contributed by atoms with Crippen LogP contribution in [-0.4, -0.2) is 25.8 Å². The van der Waals surface area contributed by atoms with Gasteiger partial charge in [0.25, 0.3) is 5.91 Å². The Morgan fingerprint density at radius 2 is 2.04 bits per heavy atom. The fraction of sp³-hybridized carbons (Fsp3) is 0.0625. The first-order valence-corrected chi connectivity index (χ1v) is 7.86. The van der Waals surface area contributed by atoms with Gasteiger partial charge in [-0.2, -0.15) is 0 Å². The molecule has 0 saturated heterocycles. The summed E-state index contributed by atoms with van der Waals surface area (Å²) in [5.41, 5.74) is 8.21. The van der Waals surface area contributed by atoms with Crippen molar-refractivity contribution in [3.05, 3.63) is 48.5 Å². The Balaban J connectivity index is 1.89. The maximum Gasteiger partial charge on any atom is 0.271 e. The Morgan fingerprint density at radius 3 is 2.79 bits per heavy atom. The fourth-order valence-electron chi connectivity index (χ4n) is 2.43. The first-order valence-electron chi connectivity index (χ1n) is 7.04. The van der Waals surface area contributed by atoms with Gasteiger partial charge < -0.3 is 10.2 Å². The lowest BCUT2D eigenvalue weighted by atomic mass is 10.2. The molecule has 4 heterocycles. The maximum atomic E-state index is 11.7. The zero-order chi connectivity index (χ0) is 16.7. The number of carbonyl (C=O) groups is 1. The predicted molar refractivity (Wildman–Crippen MR) is 89.4 cm³/mol. The van der Waals surface area contributed by atoms with Crippen LogP contribution in [0.1, 0.15) is 16.2 Å². The molecule has 2 N–H and O–H groups in total. The van der Waals surface area contributed by atoms with Gasteiger partial charge in [0.05, 0.1) is 22.5 Å². The van der Waals surface area contributed by atoms with E-state index in [1.165, 1.54) is 23.9 Å². The lowest BCUT2D eigenvalue weighted by Crippen LogP contribution is -2.13. The van der Waals surface area contributed by atoms with Crippen LogP contribution >= 0.6 is 11.3 Å². The van der Waals surface area contributed by atoms with Crippen molar-refractivity contribution in [3.8, 4) is 21.1 Å². The number of amides is 1. The van der Waals surface area contributed by atoms with Gasteiger partial charge in [-0.15, -0.1) is 11.3 Å². The van der Waals surface area contributed by atoms with Crippen molar-refractivity contribution >= 4 is 28.2 Å². The van der Waals surface area contributed by atoms with Crippen molar-refractivity contribution in [1.29, 1.82) is 0 Å². The zero-order valence-electron chi connectivity index (χ0n) is 12.6. The third-order valence-electron chi connectivity index (χ3n) is 3.51. The molecular formula is C16H11N5O2S. The van der Waals surface area contributed by atoms with Gasteiger partial charge in [0.15, 0.2) is 11.3 Å². The zero-order valence-corrected chi connectivity index (χ0v) is 13.4. The van der Waals surface area contributed by atoms with Crippen LogP contribution in [0.5, 0.6) is 0 Å². The number of pyridine rings is 1. The van der Waals surface area contributed by atoms with Gasteiger partial charge in [-0.1, -0.05) is 0 Å². The minimum atomic E-state index is -0.629. The number of aromatic nitrogens is 4. The highest BCUT2D eigenvalue weighted by Crippen LogP contribution is 2.35. The monoisotopic (exact) mass is 337 g/mol. The Hall–Kier alpha value is -3.13. The highest BCUT2D eigenvalue weighted by atomic mass is 32.1. The molecule has 1 amide bonds. The van der Waals surface area contributed by atoms with E-state index < -0.39 is 5.91 Å². The number of furan rings is 1. The molecule has 0 fully saturated rings. The molecule has 4 aromatic rings. The predicted octanol–water partition coefficient (Wildman–Crippen LogP) is 2.82. The summed E-state index contributed by atoms with van der Waals surface area (Å²) in [5.74, 6) is -0.629. The van der Waals surface area contributed by atoms with E-state index in [1.807, 2.05) is 13.0 Å². The SMILES string of the molecule is Cc1nc(-c2cncnc2)sc1-c1cc2ccoc2c(C(N)=O)n1. The standard InChI is InChI=1S/C16H11N5O2S/c1-8-14(24-16(20-8)10-5-18-7-19-6-10)11-4-9-2-3-23-13(9)12(21-11)15(17)22/h2-7H,1H3,(H2,17,22). The second-order valence-electron chi connectivity index (χ2n) is 5.12. The summed E-state index contributed by atoms with van der Waals surface area (Å²) in [5, 5.41) is 1.56. The van der Waals surface area contributed by atoms with Crippen LogP contribution in [-0.2, 0) is 0 Å². The van der Waals surface area contributed by atoms with Crippen LogP contribution in [0.3, 0.4) is 0 Å². The number of hydrogen-bond acceptors (Lipinski definition) is 7. The third kappa shape index (κ3) is 2.33. The Bertz CT molecular complexity index is 1050. The van der Waals surface area contributed by atoms with E-state index in [4.69, 9.17) is 10.2 Å². The average Bonchev–Trinajstić information content (AvgIpc) is 3.20. The number of hydrogen-bond donors (Lipinski definition) is 1. The Labute approximate surface area is 140 Å². The van der Waals surface area contributed by atoms with Crippen LogP contribution in [0, 0.1) is 6.92 Å². The third-order valence-corrected chi connectivity index (χ3v) is 4.73. The summed E-state index contributed by atoms with van der Waals surface area (Å²) in [7, 11) is 0. The molecule has 4 aromatic heterocycles. The minimum absolute atomic E-state index is 0.116. The van der Waals surface area contributed by atoms with Gasteiger partial charge in [-0.3, -0.25) is 4.79 Å². The number of rotatable bonds is 3. The minimum Gasteiger partial charge on any atom is -0.462 e. The summed E-state index contributed by atoms with van der Waals surface area (Å²) in [6.45, 7) is 1.89. The number of thiazole rings is 1. The summed E-state index contributed by atoms with van der Waals surface area (Å²) >= 11 is 1.46. The fourth-order valence-corrected chi connectivity index (χ4v) is 3.43. The van der Waals surface area contributed by atoms with E-state index in [-0.39, 0.29) is 5.69 Å². The topological polar surface area (TPSA) is 108 Å². The molecule has 0 aliphatic rings. The molecule has 0 aliphatic carbocycles. The average molecular weight is 337 g/mol. The second kappa shape index (κ2) is 5.50. The first kappa shape index (κ1) is 14.5. The summed E-state index contributed by atoms with van der Waals surface area (Å²) < 4.78 is 5.31. The molecule has 0 aromatic carbocycles. The lowest BCUT2D eigenvalue weighted by Gasteiger charge is -2.02. The molecule has 0 unspecified atom stereocenters. The van der Waals surface area contributed by atoms with Gasteiger partial charge in [-0.25, -0.2) is 19.9 Å². The van der Waals surface area contributed by atoms with Gasteiger partial charge in [0.1, 0.15) is 11.3 Å². The molecule has 7 nitrogen and oxygen atoms in total. The van der Waals surface area contributed by atoms with Crippen molar-refractivity contribution in [3.63, 3.8) is 0 Å². The molecule has 0 aliphatic heterocycles. The highest BCUT2D eigenvalue weighted by Gasteiger charge is 2.18. The smallest absolute Gasteiger partial charge is 0.271 e. The largest absolute Gasteiger partial charge is 0.462 e. The highest BCUT2D eigenvalue weighted by molar-refractivity contribution is 7.18. The molecule has 0 atom stereocenters. The van der Waals surface area contributed by atoms with Gasteiger partial charge in [-0.05, 0) is 19.1 Å². The van der Waals surface area contributed by atoms with E-state index >= 15 is 0 Å². The summed E-state index contributed by atoms with van der Waals surface area (Å²) in [6.07, 6.45) is 6.39. The van der Waals surface area contributed by atoms with E-state index in [9.17, 15) is 4.79 Å². The van der Waals surface area contributed by atoms with Crippen molar-refractivity contribution < 1.29 is 9.21 Å². The Kier molecular flexibility index (Phi) is 3.31. The molecule has 0 radical (unpaired) electrons. The van der Waals surface area contributed by atoms with Crippen molar-refractivity contribution in [1.82, 2.24) is 19.9 Å². The summed E-state index contributed by atoms with van der Waals surface area (Å²) in [4.78, 5) is 29.5. The van der Waals surface area contributed by atoms with Gasteiger partial charge in [0.2, 0.25) is 0 Å².